The van der Waals surface area contributed by atoms with Gasteiger partial charge in [0.25, 0.3) is 0 Å². The van der Waals surface area contributed by atoms with Crippen LogP contribution in [0.25, 0.3) is 0 Å². The molecule has 0 bridgehead atoms. The first-order chi connectivity index (χ1) is 9.16. The number of thiazole rings is 1. The van der Waals surface area contributed by atoms with Crippen molar-refractivity contribution in [3.8, 4) is 0 Å². The minimum atomic E-state index is -0.629. The molecule has 1 N–H and O–H groups in total. The smallest absolute Gasteiger partial charge is 0.321 e. The molecule has 1 aliphatic carbocycles. The number of likely N-dealkylation sites (tertiary alicyclic amines) is 1. The molecular weight excluding hydrogens is 260 g/mol. The fraction of sp³-hybridized carbons (Fsp3) is 0.714. The van der Waals surface area contributed by atoms with Gasteiger partial charge < -0.3 is 5.11 Å². The monoisotopic (exact) mass is 280 g/mol. The highest BCUT2D eigenvalue weighted by Gasteiger charge is 2.47. The van der Waals surface area contributed by atoms with Gasteiger partial charge in [-0.25, -0.2) is 4.98 Å². The predicted octanol–water partition coefficient (Wildman–Crippen LogP) is 2.18. The molecule has 1 saturated carbocycles. The van der Waals surface area contributed by atoms with E-state index in [1.54, 1.807) is 11.3 Å². The second-order valence-corrected chi connectivity index (χ2v) is 6.68. The average molecular weight is 280 g/mol. The van der Waals surface area contributed by atoms with E-state index in [0.29, 0.717) is 11.8 Å². The fourth-order valence-corrected chi connectivity index (χ4v) is 4.54. The zero-order valence-electron chi connectivity index (χ0n) is 11.2. The maximum absolute atomic E-state index is 11.5. The SMILES string of the molecule is Cc1ncsc1CCN1CC2CCCC2C1C(=O)O. The largest absolute Gasteiger partial charge is 0.480 e. The summed E-state index contributed by atoms with van der Waals surface area (Å²) >= 11 is 1.68. The zero-order valence-corrected chi connectivity index (χ0v) is 12.0. The molecule has 1 saturated heterocycles. The van der Waals surface area contributed by atoms with Crippen LogP contribution in [-0.4, -0.2) is 40.1 Å². The number of hydrogen-bond donors (Lipinski definition) is 1. The van der Waals surface area contributed by atoms with Crippen molar-refractivity contribution in [2.24, 2.45) is 11.8 Å². The molecule has 2 aliphatic rings. The van der Waals surface area contributed by atoms with Crippen LogP contribution in [0.4, 0.5) is 0 Å². The topological polar surface area (TPSA) is 53.4 Å². The first-order valence-corrected chi connectivity index (χ1v) is 7.90. The van der Waals surface area contributed by atoms with E-state index < -0.39 is 5.97 Å². The molecule has 2 fully saturated rings. The van der Waals surface area contributed by atoms with Gasteiger partial charge in [-0.05, 0) is 38.0 Å². The van der Waals surface area contributed by atoms with Crippen molar-refractivity contribution in [3.63, 3.8) is 0 Å². The average Bonchev–Trinajstić information content (AvgIpc) is 3.00. The molecular formula is C14H20N2O2S. The Labute approximate surface area is 117 Å². The van der Waals surface area contributed by atoms with Gasteiger partial charge >= 0.3 is 5.97 Å². The van der Waals surface area contributed by atoms with Gasteiger partial charge in [0.15, 0.2) is 0 Å². The molecule has 0 aromatic carbocycles. The molecule has 19 heavy (non-hydrogen) atoms. The second kappa shape index (κ2) is 5.21. The number of carbonyl (C=O) groups is 1. The molecule has 5 heteroatoms. The third-order valence-corrected chi connectivity index (χ3v) is 5.70. The molecule has 104 valence electrons. The molecule has 1 aliphatic heterocycles. The van der Waals surface area contributed by atoms with Crippen molar-refractivity contribution in [2.75, 3.05) is 13.1 Å². The molecule has 4 nitrogen and oxygen atoms in total. The van der Waals surface area contributed by atoms with Gasteiger partial charge in [0.2, 0.25) is 0 Å². The van der Waals surface area contributed by atoms with Crippen LogP contribution in [0.3, 0.4) is 0 Å². The van der Waals surface area contributed by atoms with E-state index in [-0.39, 0.29) is 6.04 Å². The number of aryl methyl sites for hydroxylation is 1. The summed E-state index contributed by atoms with van der Waals surface area (Å²) in [6.45, 7) is 3.85. The van der Waals surface area contributed by atoms with E-state index in [2.05, 4.69) is 9.88 Å². The van der Waals surface area contributed by atoms with Crippen LogP contribution in [0.1, 0.15) is 29.8 Å². The van der Waals surface area contributed by atoms with Gasteiger partial charge in [-0.15, -0.1) is 11.3 Å². The van der Waals surface area contributed by atoms with E-state index >= 15 is 0 Å². The normalized spacial score (nSPS) is 30.7. The lowest BCUT2D eigenvalue weighted by Gasteiger charge is -2.23. The van der Waals surface area contributed by atoms with Crippen LogP contribution in [-0.2, 0) is 11.2 Å². The summed E-state index contributed by atoms with van der Waals surface area (Å²) in [5, 5.41) is 9.49. The number of fused-ring (bicyclic) bond motifs is 1. The predicted molar refractivity (Wildman–Crippen MR) is 74.4 cm³/mol. The first kappa shape index (κ1) is 13.1. The van der Waals surface area contributed by atoms with Gasteiger partial charge in [-0.1, -0.05) is 6.42 Å². The van der Waals surface area contributed by atoms with E-state index in [9.17, 15) is 9.90 Å². The fourth-order valence-electron chi connectivity index (χ4n) is 3.77. The van der Waals surface area contributed by atoms with Crippen LogP contribution >= 0.6 is 11.3 Å². The maximum Gasteiger partial charge on any atom is 0.321 e. The summed E-state index contributed by atoms with van der Waals surface area (Å²) in [7, 11) is 0. The van der Waals surface area contributed by atoms with Crippen LogP contribution < -0.4 is 0 Å². The van der Waals surface area contributed by atoms with Crippen molar-refractivity contribution >= 4 is 17.3 Å². The highest BCUT2D eigenvalue weighted by atomic mass is 32.1. The Kier molecular flexibility index (Phi) is 3.58. The summed E-state index contributed by atoms with van der Waals surface area (Å²) in [5.41, 5.74) is 2.97. The highest BCUT2D eigenvalue weighted by molar-refractivity contribution is 7.09. The maximum atomic E-state index is 11.5. The van der Waals surface area contributed by atoms with Gasteiger partial charge in [-0.2, -0.15) is 0 Å². The quantitative estimate of drug-likeness (QED) is 0.918. The van der Waals surface area contributed by atoms with Gasteiger partial charge in [-0.3, -0.25) is 9.69 Å². The Morgan fingerprint density at radius 3 is 3.11 bits per heavy atom. The Bertz CT molecular complexity index is 474. The molecule has 1 aromatic heterocycles. The van der Waals surface area contributed by atoms with E-state index in [1.807, 2.05) is 12.4 Å². The lowest BCUT2D eigenvalue weighted by Crippen LogP contribution is -2.40. The summed E-state index contributed by atoms with van der Waals surface area (Å²) in [4.78, 5) is 19.3. The van der Waals surface area contributed by atoms with Crippen LogP contribution in [0.15, 0.2) is 5.51 Å². The van der Waals surface area contributed by atoms with Crippen molar-refractivity contribution in [2.45, 2.75) is 38.6 Å². The van der Waals surface area contributed by atoms with E-state index in [0.717, 1.165) is 31.6 Å². The first-order valence-electron chi connectivity index (χ1n) is 7.02. The van der Waals surface area contributed by atoms with Crippen molar-refractivity contribution in [1.82, 2.24) is 9.88 Å². The third-order valence-electron chi connectivity index (χ3n) is 4.71. The van der Waals surface area contributed by atoms with Crippen molar-refractivity contribution in [1.29, 1.82) is 0 Å². The summed E-state index contributed by atoms with van der Waals surface area (Å²) in [5.74, 6) is 0.374. The zero-order chi connectivity index (χ0) is 13.4. The van der Waals surface area contributed by atoms with Crippen molar-refractivity contribution < 1.29 is 9.90 Å². The second-order valence-electron chi connectivity index (χ2n) is 5.74. The number of aromatic nitrogens is 1. The number of carboxylic acid groups (broad SMARTS) is 1. The third kappa shape index (κ3) is 2.41. The number of hydrogen-bond acceptors (Lipinski definition) is 4. The number of nitrogens with zero attached hydrogens (tertiary/aromatic N) is 2. The minimum Gasteiger partial charge on any atom is -0.480 e. The molecule has 0 amide bonds. The summed E-state index contributed by atoms with van der Waals surface area (Å²) in [6.07, 6.45) is 4.45. The molecule has 0 radical (unpaired) electrons. The van der Waals surface area contributed by atoms with Gasteiger partial charge in [0.05, 0.1) is 11.2 Å². The van der Waals surface area contributed by atoms with E-state index in [1.165, 1.54) is 17.7 Å². The standard InChI is InChI=1S/C14H20N2O2S/c1-9-12(19-8-15-9)5-6-16-7-10-3-2-4-11(10)13(16)14(17)18/h8,10-11,13H,2-7H2,1H3,(H,17,18). The van der Waals surface area contributed by atoms with Gasteiger partial charge in [0.1, 0.15) is 6.04 Å². The van der Waals surface area contributed by atoms with Crippen LogP contribution in [0.5, 0.6) is 0 Å². The lowest BCUT2D eigenvalue weighted by atomic mass is 9.94. The molecule has 3 rings (SSSR count). The van der Waals surface area contributed by atoms with Crippen LogP contribution in [0, 0.1) is 18.8 Å². The number of rotatable bonds is 4. The molecule has 3 atom stereocenters. The molecule has 3 unspecified atom stereocenters. The Hall–Kier alpha value is -0.940. The summed E-state index contributed by atoms with van der Waals surface area (Å²) in [6, 6.07) is -0.249. The van der Waals surface area contributed by atoms with Crippen LogP contribution in [0.2, 0.25) is 0 Å². The molecule has 1 aromatic rings. The lowest BCUT2D eigenvalue weighted by molar-refractivity contribution is -0.143. The Morgan fingerprint density at radius 1 is 1.58 bits per heavy atom. The number of aliphatic carboxylic acids is 1. The van der Waals surface area contributed by atoms with Gasteiger partial charge in [0, 0.05) is 18.0 Å². The van der Waals surface area contributed by atoms with Crippen molar-refractivity contribution in [3.05, 3.63) is 16.1 Å². The summed E-state index contributed by atoms with van der Waals surface area (Å²) < 4.78 is 0. The van der Waals surface area contributed by atoms with E-state index in [4.69, 9.17) is 0 Å². The molecule has 0 spiro atoms. The Balaban J connectivity index is 1.67. The Morgan fingerprint density at radius 2 is 2.42 bits per heavy atom. The minimum absolute atomic E-state index is 0.249. The molecule has 2 heterocycles. The number of carboxylic acids is 1. The highest BCUT2D eigenvalue weighted by Crippen LogP contribution is 2.42.